The predicted octanol–water partition coefficient (Wildman–Crippen LogP) is 5.09. The minimum absolute atomic E-state index is 0.0483. The first-order chi connectivity index (χ1) is 16.3. The van der Waals surface area contributed by atoms with E-state index in [1.165, 1.54) is 5.57 Å². The van der Waals surface area contributed by atoms with Gasteiger partial charge in [0.2, 0.25) is 5.91 Å². The summed E-state index contributed by atoms with van der Waals surface area (Å²) in [6.45, 7) is 15.8. The number of rotatable bonds is 12. The number of hydrogen-bond donors (Lipinski definition) is 2. The standard InChI is InChI=1S/C28H38N2O4/c1-6-19(5)26(28(34)30-17-15-20(7-2)21(8-3)18-30)24(9-4)22-10-12-23(13-11-22)27(33)29-16-14-25(31)32/h8,10-13,24,26H,3,5-7,9,14-18H2,1-2,4H3,(H,29,33)(H,31,32). The first-order valence-corrected chi connectivity index (χ1v) is 12.2. The number of nitrogens with one attached hydrogen (secondary N) is 1. The van der Waals surface area contributed by atoms with E-state index in [0.717, 1.165) is 42.4 Å². The van der Waals surface area contributed by atoms with Crippen LogP contribution in [0.1, 0.15) is 74.7 Å². The molecule has 1 aliphatic heterocycles. The third-order valence-corrected chi connectivity index (χ3v) is 6.71. The third-order valence-electron chi connectivity index (χ3n) is 6.71. The van der Waals surface area contributed by atoms with Crippen LogP contribution in [0.3, 0.4) is 0 Å². The van der Waals surface area contributed by atoms with Gasteiger partial charge in [-0.25, -0.2) is 0 Å². The van der Waals surface area contributed by atoms with Gasteiger partial charge in [0.1, 0.15) is 0 Å². The van der Waals surface area contributed by atoms with Gasteiger partial charge in [-0.1, -0.05) is 63.3 Å². The molecule has 0 radical (unpaired) electrons. The molecule has 0 aromatic heterocycles. The molecule has 0 aliphatic carbocycles. The maximum absolute atomic E-state index is 13.8. The molecule has 0 spiro atoms. The molecule has 1 heterocycles. The Morgan fingerprint density at radius 3 is 2.38 bits per heavy atom. The summed E-state index contributed by atoms with van der Waals surface area (Å²) in [6, 6.07) is 7.25. The molecule has 2 unspecified atom stereocenters. The topological polar surface area (TPSA) is 86.7 Å². The lowest BCUT2D eigenvalue weighted by Gasteiger charge is -2.36. The van der Waals surface area contributed by atoms with E-state index < -0.39 is 5.97 Å². The lowest BCUT2D eigenvalue weighted by atomic mass is 9.77. The van der Waals surface area contributed by atoms with Gasteiger partial charge in [-0.3, -0.25) is 14.4 Å². The molecule has 0 saturated heterocycles. The Hall–Kier alpha value is -3.15. The van der Waals surface area contributed by atoms with Crippen LogP contribution in [-0.4, -0.2) is 47.4 Å². The van der Waals surface area contributed by atoms with Crippen LogP contribution in [0.25, 0.3) is 0 Å². The maximum Gasteiger partial charge on any atom is 0.305 e. The zero-order chi connectivity index (χ0) is 25.3. The van der Waals surface area contributed by atoms with Gasteiger partial charge in [-0.2, -0.15) is 0 Å². The highest BCUT2D eigenvalue weighted by Gasteiger charge is 2.34. The van der Waals surface area contributed by atoms with E-state index in [-0.39, 0.29) is 36.6 Å². The van der Waals surface area contributed by atoms with E-state index in [9.17, 15) is 14.4 Å². The monoisotopic (exact) mass is 466 g/mol. The number of carbonyl (C=O) groups is 3. The molecule has 0 saturated carbocycles. The molecule has 1 aliphatic rings. The highest BCUT2D eigenvalue weighted by Crippen LogP contribution is 2.36. The van der Waals surface area contributed by atoms with E-state index >= 15 is 0 Å². The van der Waals surface area contributed by atoms with Gasteiger partial charge >= 0.3 is 5.97 Å². The fraction of sp³-hybridized carbons (Fsp3) is 0.464. The molecule has 0 bridgehead atoms. The van der Waals surface area contributed by atoms with Crippen molar-refractivity contribution in [1.82, 2.24) is 10.2 Å². The molecule has 2 rings (SSSR count). The summed E-state index contributed by atoms with van der Waals surface area (Å²) in [6.07, 6.45) is 5.08. The number of amides is 2. The number of nitrogens with zero attached hydrogens (tertiary/aromatic N) is 1. The smallest absolute Gasteiger partial charge is 0.305 e. The summed E-state index contributed by atoms with van der Waals surface area (Å²) in [4.78, 5) is 38.7. The molecule has 0 fully saturated rings. The minimum atomic E-state index is -0.955. The molecule has 34 heavy (non-hydrogen) atoms. The Morgan fingerprint density at radius 1 is 1.18 bits per heavy atom. The van der Waals surface area contributed by atoms with Crippen LogP contribution in [0.2, 0.25) is 0 Å². The van der Waals surface area contributed by atoms with Gasteiger partial charge in [0.15, 0.2) is 0 Å². The molecule has 1 aromatic rings. The highest BCUT2D eigenvalue weighted by molar-refractivity contribution is 5.94. The second-order valence-electron chi connectivity index (χ2n) is 8.72. The van der Waals surface area contributed by atoms with E-state index in [0.29, 0.717) is 18.7 Å². The molecule has 6 nitrogen and oxygen atoms in total. The Labute approximate surface area is 203 Å². The van der Waals surface area contributed by atoms with Crippen molar-refractivity contribution in [3.05, 3.63) is 71.3 Å². The largest absolute Gasteiger partial charge is 0.481 e. The normalized spacial score (nSPS) is 15.4. The van der Waals surface area contributed by atoms with Crippen molar-refractivity contribution < 1.29 is 19.5 Å². The van der Waals surface area contributed by atoms with Gasteiger partial charge in [0, 0.05) is 25.2 Å². The van der Waals surface area contributed by atoms with Crippen LogP contribution in [0.5, 0.6) is 0 Å². The van der Waals surface area contributed by atoms with Crippen molar-refractivity contribution in [3.8, 4) is 0 Å². The zero-order valence-electron chi connectivity index (χ0n) is 20.7. The van der Waals surface area contributed by atoms with E-state index in [1.807, 2.05) is 30.0 Å². The third kappa shape index (κ3) is 6.69. The van der Waals surface area contributed by atoms with Crippen LogP contribution in [0.15, 0.2) is 60.2 Å². The Morgan fingerprint density at radius 2 is 1.85 bits per heavy atom. The van der Waals surface area contributed by atoms with Crippen molar-refractivity contribution in [2.45, 2.75) is 58.8 Å². The number of carboxylic acid groups (broad SMARTS) is 1. The van der Waals surface area contributed by atoms with E-state index in [4.69, 9.17) is 5.11 Å². The molecule has 2 atom stereocenters. The Kier molecular flexibility index (Phi) is 10.3. The molecule has 2 amide bonds. The van der Waals surface area contributed by atoms with Crippen LogP contribution < -0.4 is 5.32 Å². The average molecular weight is 467 g/mol. The number of aliphatic carboxylic acids is 1. The van der Waals surface area contributed by atoms with Crippen LogP contribution in [0.4, 0.5) is 0 Å². The van der Waals surface area contributed by atoms with Gasteiger partial charge in [0.25, 0.3) is 5.91 Å². The molecular weight excluding hydrogens is 428 g/mol. The van der Waals surface area contributed by atoms with Crippen LogP contribution in [-0.2, 0) is 9.59 Å². The summed E-state index contributed by atoms with van der Waals surface area (Å²) in [7, 11) is 0. The summed E-state index contributed by atoms with van der Waals surface area (Å²) in [5.74, 6) is -1.55. The first-order valence-electron chi connectivity index (χ1n) is 12.2. The highest BCUT2D eigenvalue weighted by atomic mass is 16.4. The molecule has 184 valence electrons. The van der Waals surface area contributed by atoms with Crippen molar-refractivity contribution in [3.63, 3.8) is 0 Å². The van der Waals surface area contributed by atoms with E-state index in [2.05, 4.69) is 32.3 Å². The summed E-state index contributed by atoms with van der Waals surface area (Å²) in [5.41, 5.74) is 4.88. The Bertz CT molecular complexity index is 946. The van der Waals surface area contributed by atoms with Crippen molar-refractivity contribution in [2.75, 3.05) is 19.6 Å². The first kappa shape index (κ1) is 27.1. The lowest BCUT2D eigenvalue weighted by molar-refractivity contribution is -0.137. The van der Waals surface area contributed by atoms with E-state index in [1.54, 1.807) is 12.1 Å². The van der Waals surface area contributed by atoms with Gasteiger partial charge in [-0.15, -0.1) is 0 Å². The Balaban J connectivity index is 2.24. The van der Waals surface area contributed by atoms with Gasteiger partial charge < -0.3 is 15.3 Å². The van der Waals surface area contributed by atoms with Crippen LogP contribution in [0, 0.1) is 5.92 Å². The second-order valence-corrected chi connectivity index (χ2v) is 8.72. The average Bonchev–Trinajstić information content (AvgIpc) is 2.85. The summed E-state index contributed by atoms with van der Waals surface area (Å²) < 4.78 is 0. The molecule has 2 N–H and O–H groups in total. The zero-order valence-corrected chi connectivity index (χ0v) is 20.7. The number of hydrogen-bond acceptors (Lipinski definition) is 3. The van der Waals surface area contributed by atoms with Crippen LogP contribution >= 0.6 is 0 Å². The van der Waals surface area contributed by atoms with Crippen molar-refractivity contribution >= 4 is 17.8 Å². The van der Waals surface area contributed by atoms with Crippen molar-refractivity contribution in [1.29, 1.82) is 0 Å². The maximum atomic E-state index is 13.8. The molecular formula is C28H38N2O4. The summed E-state index contributed by atoms with van der Waals surface area (Å²) in [5, 5.41) is 11.4. The molecule has 6 heteroatoms. The number of carboxylic acids is 1. The second kappa shape index (κ2) is 12.9. The SMILES string of the molecule is C=CC1=C(CC)CCN(C(=O)C(C(=C)CC)C(CC)c2ccc(C(=O)NCCC(=O)O)cc2)C1. The minimum Gasteiger partial charge on any atom is -0.481 e. The molecule has 1 aromatic carbocycles. The predicted molar refractivity (Wildman–Crippen MR) is 136 cm³/mol. The summed E-state index contributed by atoms with van der Waals surface area (Å²) >= 11 is 0. The fourth-order valence-electron chi connectivity index (χ4n) is 4.61. The van der Waals surface area contributed by atoms with Gasteiger partial charge in [0.05, 0.1) is 12.3 Å². The lowest BCUT2D eigenvalue weighted by Crippen LogP contribution is -2.42. The fourth-order valence-corrected chi connectivity index (χ4v) is 4.61. The van der Waals surface area contributed by atoms with Crippen molar-refractivity contribution in [2.24, 2.45) is 5.92 Å². The van der Waals surface area contributed by atoms with Gasteiger partial charge in [-0.05, 0) is 54.9 Å². The number of benzene rings is 1. The quantitative estimate of drug-likeness (QED) is 0.420. The number of carbonyl (C=O) groups excluding carboxylic acids is 2.